The molecule has 0 saturated heterocycles. The summed E-state index contributed by atoms with van der Waals surface area (Å²) in [5.41, 5.74) is 4.79. The van der Waals surface area contributed by atoms with E-state index in [1.807, 2.05) is 18.2 Å². The molecule has 2 aromatic rings. The number of nitrogens with one attached hydrogen (secondary N) is 2. The largest absolute Gasteiger partial charge is 0.385 e. The van der Waals surface area contributed by atoms with Crippen molar-refractivity contribution in [2.24, 2.45) is 0 Å². The molecule has 2 aromatic carbocycles. The fourth-order valence-corrected chi connectivity index (χ4v) is 2.48. The minimum absolute atomic E-state index is 0.0906. The fraction of sp³-hybridized carbons (Fsp3) is 0.316. The number of carbonyl (C=O) groups is 1. The third-order valence-corrected chi connectivity index (χ3v) is 3.48. The first kappa shape index (κ1) is 16.1. The van der Waals surface area contributed by atoms with Crippen molar-refractivity contribution in [1.82, 2.24) is 5.32 Å². The van der Waals surface area contributed by atoms with Crippen molar-refractivity contribution < 1.29 is 4.79 Å². The molecule has 0 saturated carbocycles. The Balaban J connectivity index is 1.65. The molecular formula is C19H24N2O. The van der Waals surface area contributed by atoms with Gasteiger partial charge in [0, 0.05) is 25.2 Å². The minimum atomic E-state index is 0.0906. The van der Waals surface area contributed by atoms with Gasteiger partial charge in [-0.25, -0.2) is 0 Å². The first-order valence-electron chi connectivity index (χ1n) is 7.76. The van der Waals surface area contributed by atoms with Crippen molar-refractivity contribution in [3.8, 4) is 0 Å². The molecule has 0 unspecified atom stereocenters. The van der Waals surface area contributed by atoms with Crippen LogP contribution in [-0.2, 0) is 11.2 Å². The van der Waals surface area contributed by atoms with Crippen LogP contribution in [0.1, 0.15) is 23.1 Å². The van der Waals surface area contributed by atoms with Crippen LogP contribution in [0.2, 0.25) is 0 Å². The fourth-order valence-electron chi connectivity index (χ4n) is 2.48. The van der Waals surface area contributed by atoms with Gasteiger partial charge in [-0.2, -0.15) is 0 Å². The van der Waals surface area contributed by atoms with Crippen molar-refractivity contribution in [3.63, 3.8) is 0 Å². The van der Waals surface area contributed by atoms with Gasteiger partial charge in [0.05, 0.1) is 0 Å². The molecule has 0 radical (unpaired) electrons. The summed E-state index contributed by atoms with van der Waals surface area (Å²) in [5.74, 6) is 0.0906. The van der Waals surface area contributed by atoms with Crippen molar-refractivity contribution in [3.05, 3.63) is 65.2 Å². The zero-order valence-electron chi connectivity index (χ0n) is 13.4. The van der Waals surface area contributed by atoms with Crippen molar-refractivity contribution in [2.75, 3.05) is 18.4 Å². The molecule has 3 heteroatoms. The van der Waals surface area contributed by atoms with Crippen LogP contribution in [0.5, 0.6) is 0 Å². The third kappa shape index (κ3) is 5.60. The Morgan fingerprint density at radius 1 is 0.955 bits per heavy atom. The number of benzene rings is 2. The molecule has 1 amide bonds. The molecule has 0 aliphatic heterocycles. The number of hydrogen-bond acceptors (Lipinski definition) is 2. The second kappa shape index (κ2) is 8.23. The second-order valence-corrected chi connectivity index (χ2v) is 5.64. The van der Waals surface area contributed by atoms with Crippen molar-refractivity contribution in [2.45, 2.75) is 26.7 Å². The third-order valence-electron chi connectivity index (χ3n) is 3.48. The monoisotopic (exact) mass is 296 g/mol. The highest BCUT2D eigenvalue weighted by atomic mass is 16.1. The van der Waals surface area contributed by atoms with E-state index in [0.29, 0.717) is 19.5 Å². The van der Waals surface area contributed by atoms with Crippen LogP contribution in [0.15, 0.2) is 48.5 Å². The predicted molar refractivity (Wildman–Crippen MR) is 92.2 cm³/mol. The number of hydrogen-bond donors (Lipinski definition) is 2. The van der Waals surface area contributed by atoms with Crippen LogP contribution in [0.4, 0.5) is 5.69 Å². The van der Waals surface area contributed by atoms with Crippen LogP contribution in [0, 0.1) is 13.8 Å². The zero-order valence-corrected chi connectivity index (χ0v) is 13.4. The van der Waals surface area contributed by atoms with Crippen molar-refractivity contribution in [1.29, 1.82) is 0 Å². The van der Waals surface area contributed by atoms with E-state index in [9.17, 15) is 4.79 Å². The Bertz CT molecular complexity index is 588. The molecule has 0 fully saturated rings. The Kier molecular flexibility index (Phi) is 6.01. The van der Waals surface area contributed by atoms with Crippen LogP contribution >= 0.6 is 0 Å². The van der Waals surface area contributed by atoms with Gasteiger partial charge in [-0.3, -0.25) is 4.79 Å². The topological polar surface area (TPSA) is 41.1 Å². The summed E-state index contributed by atoms with van der Waals surface area (Å²) in [4.78, 5) is 11.8. The smallest absolute Gasteiger partial charge is 0.221 e. The lowest BCUT2D eigenvalue weighted by atomic mass is 10.1. The number of anilines is 1. The van der Waals surface area contributed by atoms with Gasteiger partial charge in [0.15, 0.2) is 0 Å². The van der Waals surface area contributed by atoms with E-state index >= 15 is 0 Å². The molecule has 0 aliphatic carbocycles. The number of aryl methyl sites for hydroxylation is 2. The van der Waals surface area contributed by atoms with Crippen LogP contribution < -0.4 is 10.6 Å². The molecular weight excluding hydrogens is 272 g/mol. The van der Waals surface area contributed by atoms with Gasteiger partial charge in [0.2, 0.25) is 5.91 Å². The molecule has 2 rings (SSSR count). The normalized spacial score (nSPS) is 10.3. The Hall–Kier alpha value is -2.29. The summed E-state index contributed by atoms with van der Waals surface area (Å²) < 4.78 is 0. The quantitative estimate of drug-likeness (QED) is 0.821. The molecule has 116 valence electrons. The Morgan fingerprint density at radius 3 is 2.32 bits per heavy atom. The maximum Gasteiger partial charge on any atom is 0.221 e. The highest BCUT2D eigenvalue weighted by Crippen LogP contribution is 2.13. The van der Waals surface area contributed by atoms with Crippen molar-refractivity contribution >= 4 is 11.6 Å². The number of carbonyl (C=O) groups excluding carboxylic acids is 1. The van der Waals surface area contributed by atoms with Crippen LogP contribution in [-0.4, -0.2) is 19.0 Å². The van der Waals surface area contributed by atoms with Crippen LogP contribution in [0.25, 0.3) is 0 Å². The molecule has 0 aliphatic rings. The summed E-state index contributed by atoms with van der Waals surface area (Å²) in [6.07, 6.45) is 1.36. The number of rotatable bonds is 7. The van der Waals surface area contributed by atoms with E-state index in [1.54, 1.807) is 0 Å². The van der Waals surface area contributed by atoms with Gasteiger partial charge >= 0.3 is 0 Å². The van der Waals surface area contributed by atoms with Crippen LogP contribution in [0.3, 0.4) is 0 Å². The van der Waals surface area contributed by atoms with Gasteiger partial charge in [0.25, 0.3) is 0 Å². The molecule has 0 aromatic heterocycles. The summed E-state index contributed by atoms with van der Waals surface area (Å²) in [6, 6.07) is 16.5. The Morgan fingerprint density at radius 2 is 1.64 bits per heavy atom. The lowest BCUT2D eigenvalue weighted by Gasteiger charge is -2.09. The van der Waals surface area contributed by atoms with Gasteiger partial charge in [-0.05, 0) is 49.1 Å². The summed E-state index contributed by atoms with van der Waals surface area (Å²) in [6.45, 7) is 5.50. The summed E-state index contributed by atoms with van der Waals surface area (Å²) in [5, 5.41) is 6.27. The van der Waals surface area contributed by atoms with E-state index in [-0.39, 0.29) is 5.91 Å². The molecule has 0 atom stereocenters. The first-order chi connectivity index (χ1) is 10.6. The maximum absolute atomic E-state index is 11.8. The molecule has 22 heavy (non-hydrogen) atoms. The molecule has 3 nitrogen and oxygen atoms in total. The second-order valence-electron chi connectivity index (χ2n) is 5.64. The van der Waals surface area contributed by atoms with E-state index in [1.165, 1.54) is 16.7 Å². The molecule has 2 N–H and O–H groups in total. The van der Waals surface area contributed by atoms with E-state index in [4.69, 9.17) is 0 Å². The minimum Gasteiger partial charge on any atom is -0.385 e. The molecule has 0 heterocycles. The van der Waals surface area contributed by atoms with E-state index < -0.39 is 0 Å². The predicted octanol–water partition coefficient (Wildman–Crippen LogP) is 3.46. The maximum atomic E-state index is 11.8. The average Bonchev–Trinajstić information content (AvgIpc) is 2.47. The standard InChI is InChI=1S/C19H24N2O/c1-15-12-16(2)14-18(13-15)20-11-9-19(22)21-10-8-17-6-4-3-5-7-17/h3-7,12-14,20H,8-11H2,1-2H3,(H,21,22). The molecule has 0 bridgehead atoms. The Labute approximate surface area is 132 Å². The van der Waals surface area contributed by atoms with Gasteiger partial charge < -0.3 is 10.6 Å². The summed E-state index contributed by atoms with van der Waals surface area (Å²) in [7, 11) is 0. The highest BCUT2D eigenvalue weighted by Gasteiger charge is 2.01. The average molecular weight is 296 g/mol. The van der Waals surface area contributed by atoms with E-state index in [2.05, 4.69) is 54.8 Å². The highest BCUT2D eigenvalue weighted by molar-refractivity contribution is 5.76. The number of amides is 1. The van der Waals surface area contributed by atoms with Gasteiger partial charge in [-0.15, -0.1) is 0 Å². The molecule has 0 spiro atoms. The SMILES string of the molecule is Cc1cc(C)cc(NCCC(=O)NCCc2ccccc2)c1. The lowest BCUT2D eigenvalue weighted by molar-refractivity contribution is -0.120. The van der Waals surface area contributed by atoms with E-state index in [0.717, 1.165) is 12.1 Å². The zero-order chi connectivity index (χ0) is 15.8. The van der Waals surface area contributed by atoms with Gasteiger partial charge in [-0.1, -0.05) is 36.4 Å². The summed E-state index contributed by atoms with van der Waals surface area (Å²) >= 11 is 0. The van der Waals surface area contributed by atoms with Gasteiger partial charge in [0.1, 0.15) is 0 Å². The first-order valence-corrected chi connectivity index (χ1v) is 7.76. The lowest BCUT2D eigenvalue weighted by Crippen LogP contribution is -2.27.